The Morgan fingerprint density at radius 3 is 2.22 bits per heavy atom. The molecule has 0 saturated carbocycles. The van der Waals surface area contributed by atoms with Crippen LogP contribution in [0.2, 0.25) is 0 Å². The fourth-order valence-electron chi connectivity index (χ4n) is 5.26. The minimum absolute atomic E-state index is 0.456. The first-order valence-corrected chi connectivity index (χ1v) is 15.0. The number of likely N-dealkylation sites (tertiary alicyclic amines) is 1. The van der Waals surface area contributed by atoms with Gasteiger partial charge in [-0.1, -0.05) is 90.7 Å². The largest absolute Gasteiger partial charge is 0.403 e. The molecular formula is C33H59N3. The zero-order chi connectivity index (χ0) is 26.8. The van der Waals surface area contributed by atoms with Gasteiger partial charge in [0.05, 0.1) is 0 Å². The molecule has 1 fully saturated rings. The summed E-state index contributed by atoms with van der Waals surface area (Å²) in [5.41, 5.74) is 11.4. The van der Waals surface area contributed by atoms with E-state index < -0.39 is 0 Å². The summed E-state index contributed by atoms with van der Waals surface area (Å²) in [5, 5.41) is 3.96. The molecule has 3 heteroatoms. The molecule has 2 rings (SSSR count). The SMILES string of the molecule is C=C(C)N.C=C(CCCCCCC)NC(CN1CCCC1)C(CCC)c1ccc(C)c(CCCC)c1. The molecule has 2 atom stereocenters. The van der Waals surface area contributed by atoms with E-state index in [2.05, 4.69) is 69.3 Å². The molecule has 3 nitrogen and oxygen atoms in total. The lowest BCUT2D eigenvalue weighted by Gasteiger charge is -2.33. The first-order valence-electron chi connectivity index (χ1n) is 15.0. The third-order valence-electron chi connectivity index (χ3n) is 7.31. The van der Waals surface area contributed by atoms with Crippen LogP contribution in [-0.4, -0.2) is 30.6 Å². The van der Waals surface area contributed by atoms with E-state index in [4.69, 9.17) is 5.73 Å². The Morgan fingerprint density at radius 1 is 0.972 bits per heavy atom. The van der Waals surface area contributed by atoms with Gasteiger partial charge in [-0.25, -0.2) is 0 Å². The second kappa shape index (κ2) is 19.4. The summed E-state index contributed by atoms with van der Waals surface area (Å²) >= 11 is 0. The van der Waals surface area contributed by atoms with E-state index in [0.717, 1.165) is 13.0 Å². The zero-order valence-corrected chi connectivity index (χ0v) is 24.6. The third-order valence-corrected chi connectivity index (χ3v) is 7.31. The fraction of sp³-hybridized carbons (Fsp3) is 0.697. The molecule has 1 aromatic rings. The molecular weight excluding hydrogens is 438 g/mol. The minimum Gasteiger partial charge on any atom is -0.403 e. The molecule has 1 saturated heterocycles. The Bertz CT molecular complexity index is 728. The van der Waals surface area contributed by atoms with E-state index >= 15 is 0 Å². The molecule has 0 bridgehead atoms. The van der Waals surface area contributed by atoms with Crippen LogP contribution in [0.25, 0.3) is 0 Å². The average molecular weight is 498 g/mol. The predicted octanol–water partition coefficient (Wildman–Crippen LogP) is 8.63. The molecule has 1 aromatic carbocycles. The van der Waals surface area contributed by atoms with Gasteiger partial charge in [0.25, 0.3) is 0 Å². The predicted molar refractivity (Wildman–Crippen MR) is 162 cm³/mol. The highest BCUT2D eigenvalue weighted by atomic mass is 15.2. The van der Waals surface area contributed by atoms with Gasteiger partial charge >= 0.3 is 0 Å². The zero-order valence-electron chi connectivity index (χ0n) is 24.6. The van der Waals surface area contributed by atoms with Crippen molar-refractivity contribution in [1.82, 2.24) is 10.2 Å². The number of hydrogen-bond donors (Lipinski definition) is 2. The smallest absolute Gasteiger partial charge is 0.0453 e. The van der Waals surface area contributed by atoms with Gasteiger partial charge in [-0.05, 0) is 94.3 Å². The molecule has 1 heterocycles. The number of benzene rings is 1. The van der Waals surface area contributed by atoms with Gasteiger partial charge in [0.1, 0.15) is 0 Å². The van der Waals surface area contributed by atoms with Crippen molar-refractivity contribution >= 4 is 0 Å². The summed E-state index contributed by atoms with van der Waals surface area (Å²) in [6.07, 6.45) is 16.7. The van der Waals surface area contributed by atoms with Gasteiger partial charge in [-0.15, -0.1) is 0 Å². The first-order chi connectivity index (χ1) is 17.3. The van der Waals surface area contributed by atoms with Gasteiger partial charge in [0.2, 0.25) is 0 Å². The summed E-state index contributed by atoms with van der Waals surface area (Å²) in [4.78, 5) is 2.68. The van der Waals surface area contributed by atoms with E-state index in [0.29, 0.717) is 17.7 Å². The molecule has 1 aliphatic rings. The number of allylic oxidation sites excluding steroid dienone is 2. The van der Waals surface area contributed by atoms with Crippen molar-refractivity contribution in [3.63, 3.8) is 0 Å². The van der Waals surface area contributed by atoms with Crippen LogP contribution in [0.4, 0.5) is 0 Å². The molecule has 36 heavy (non-hydrogen) atoms. The Labute approximate surface area is 225 Å². The number of rotatable bonds is 17. The maximum atomic E-state index is 4.92. The standard InChI is InChI=1S/C30H52N2.C3H7N/c1-6-9-11-12-13-17-26(5)31-30(24-32-21-14-15-22-32)29(16-8-3)28-20-19-25(4)27(23-28)18-10-7-2;1-3(2)4/h19-20,23,29-31H,5-18,21-22,24H2,1-4H3;1,4H2,2H3. The topological polar surface area (TPSA) is 41.3 Å². The summed E-state index contributed by atoms with van der Waals surface area (Å²) < 4.78 is 0. The summed E-state index contributed by atoms with van der Waals surface area (Å²) in [6, 6.07) is 7.78. The van der Waals surface area contributed by atoms with Crippen molar-refractivity contribution in [1.29, 1.82) is 0 Å². The Morgan fingerprint density at radius 2 is 1.61 bits per heavy atom. The van der Waals surface area contributed by atoms with Crippen molar-refractivity contribution in [3.8, 4) is 0 Å². The van der Waals surface area contributed by atoms with Crippen LogP contribution in [0, 0.1) is 6.92 Å². The van der Waals surface area contributed by atoms with Crippen LogP contribution in [0.3, 0.4) is 0 Å². The van der Waals surface area contributed by atoms with Crippen molar-refractivity contribution < 1.29 is 0 Å². The second-order valence-electron chi connectivity index (χ2n) is 11.1. The molecule has 206 valence electrons. The normalized spacial score (nSPS) is 15.1. The van der Waals surface area contributed by atoms with Crippen molar-refractivity contribution in [2.75, 3.05) is 19.6 Å². The van der Waals surface area contributed by atoms with Crippen LogP contribution < -0.4 is 11.1 Å². The number of hydrogen-bond acceptors (Lipinski definition) is 3. The van der Waals surface area contributed by atoms with E-state index in [9.17, 15) is 0 Å². The van der Waals surface area contributed by atoms with Crippen LogP contribution in [0.1, 0.15) is 127 Å². The maximum Gasteiger partial charge on any atom is 0.0453 e. The van der Waals surface area contributed by atoms with Crippen molar-refractivity contribution in [2.24, 2.45) is 5.73 Å². The molecule has 0 amide bonds. The number of nitrogens with one attached hydrogen (secondary N) is 1. The van der Waals surface area contributed by atoms with Gasteiger partial charge in [-0.3, -0.25) is 0 Å². The van der Waals surface area contributed by atoms with Crippen LogP contribution in [-0.2, 0) is 6.42 Å². The second-order valence-corrected chi connectivity index (χ2v) is 11.1. The average Bonchev–Trinajstić information content (AvgIpc) is 3.34. The maximum absolute atomic E-state index is 4.92. The van der Waals surface area contributed by atoms with E-state index in [1.54, 1.807) is 12.5 Å². The van der Waals surface area contributed by atoms with Gasteiger partial charge in [0.15, 0.2) is 0 Å². The lowest BCUT2D eigenvalue weighted by atomic mass is 9.84. The van der Waals surface area contributed by atoms with Crippen LogP contribution in [0.15, 0.2) is 42.8 Å². The molecule has 0 spiro atoms. The van der Waals surface area contributed by atoms with Gasteiger partial charge in [-0.2, -0.15) is 0 Å². The van der Waals surface area contributed by atoms with Crippen LogP contribution >= 0.6 is 0 Å². The highest BCUT2D eigenvalue weighted by Crippen LogP contribution is 2.30. The van der Waals surface area contributed by atoms with E-state index in [1.165, 1.54) is 107 Å². The quantitative estimate of drug-likeness (QED) is 0.212. The molecule has 0 radical (unpaired) electrons. The van der Waals surface area contributed by atoms with E-state index in [-0.39, 0.29) is 0 Å². The van der Waals surface area contributed by atoms with Gasteiger partial charge in [0, 0.05) is 24.2 Å². The highest BCUT2D eigenvalue weighted by Gasteiger charge is 2.27. The molecule has 0 aliphatic carbocycles. The third kappa shape index (κ3) is 13.5. The lowest BCUT2D eigenvalue weighted by Crippen LogP contribution is -2.43. The monoisotopic (exact) mass is 497 g/mol. The molecule has 3 N–H and O–H groups in total. The lowest BCUT2D eigenvalue weighted by molar-refractivity contribution is 0.270. The summed E-state index contributed by atoms with van der Waals surface area (Å²) in [5.74, 6) is 0.554. The number of nitrogens with zero attached hydrogens (tertiary/aromatic N) is 1. The van der Waals surface area contributed by atoms with Gasteiger partial charge < -0.3 is 16.0 Å². The molecule has 0 aromatic heterocycles. The number of unbranched alkanes of at least 4 members (excludes halogenated alkanes) is 5. The van der Waals surface area contributed by atoms with E-state index in [1.807, 2.05) is 0 Å². The molecule has 1 aliphatic heterocycles. The molecule has 2 unspecified atom stereocenters. The number of aryl methyl sites for hydroxylation is 2. The number of nitrogens with two attached hydrogens (primary N) is 1. The van der Waals surface area contributed by atoms with Crippen molar-refractivity contribution in [2.45, 2.75) is 130 Å². The van der Waals surface area contributed by atoms with Crippen molar-refractivity contribution in [3.05, 3.63) is 59.4 Å². The summed E-state index contributed by atoms with van der Waals surface area (Å²) in [6.45, 7) is 22.4. The Balaban J connectivity index is 0.00000150. The fourth-order valence-corrected chi connectivity index (χ4v) is 5.26. The van der Waals surface area contributed by atoms with Crippen LogP contribution in [0.5, 0.6) is 0 Å². The first kappa shape index (κ1) is 32.3. The minimum atomic E-state index is 0.456. The Kier molecular flexibility index (Phi) is 17.4. The Hall–Kier alpha value is -1.74. The summed E-state index contributed by atoms with van der Waals surface area (Å²) in [7, 11) is 0. The highest BCUT2D eigenvalue weighted by molar-refractivity contribution is 5.34.